The number of hydrogen-bond acceptors (Lipinski definition) is 4. The van der Waals surface area contributed by atoms with Gasteiger partial charge in [0.25, 0.3) is 0 Å². The minimum absolute atomic E-state index is 0.0536. The van der Waals surface area contributed by atoms with Crippen molar-refractivity contribution in [2.45, 2.75) is 45.6 Å². The average molecular weight is 394 g/mol. The molecule has 2 fully saturated rings. The molecular formula is C20H31N3O3S. The summed E-state index contributed by atoms with van der Waals surface area (Å²) in [5.41, 5.74) is 2.31. The molecule has 1 aromatic rings. The lowest BCUT2D eigenvalue weighted by Gasteiger charge is -2.31. The van der Waals surface area contributed by atoms with E-state index in [0.29, 0.717) is 13.1 Å². The van der Waals surface area contributed by atoms with E-state index in [1.165, 1.54) is 22.8 Å². The average Bonchev–Trinajstić information content (AvgIpc) is 3.23. The van der Waals surface area contributed by atoms with Crippen molar-refractivity contribution in [1.29, 1.82) is 0 Å². The van der Waals surface area contributed by atoms with Gasteiger partial charge in [-0.1, -0.05) is 12.1 Å². The Morgan fingerprint density at radius 2 is 1.81 bits per heavy atom. The molecule has 2 aliphatic heterocycles. The minimum Gasteiger partial charge on any atom is -0.372 e. The molecule has 3 rings (SSSR count). The van der Waals surface area contributed by atoms with Crippen LogP contribution in [-0.4, -0.2) is 50.6 Å². The van der Waals surface area contributed by atoms with Crippen LogP contribution in [0.1, 0.15) is 51.1 Å². The van der Waals surface area contributed by atoms with Gasteiger partial charge in [0.2, 0.25) is 15.9 Å². The summed E-state index contributed by atoms with van der Waals surface area (Å²) in [5, 5.41) is 3.07. The van der Waals surface area contributed by atoms with Crippen molar-refractivity contribution in [2.75, 3.05) is 36.8 Å². The van der Waals surface area contributed by atoms with Crippen LogP contribution in [0.2, 0.25) is 0 Å². The quantitative estimate of drug-likeness (QED) is 0.806. The third-order valence-electron chi connectivity index (χ3n) is 5.74. The molecule has 0 aromatic heterocycles. The predicted molar refractivity (Wildman–Crippen MR) is 108 cm³/mol. The zero-order valence-electron chi connectivity index (χ0n) is 16.4. The van der Waals surface area contributed by atoms with Gasteiger partial charge in [0.15, 0.2) is 0 Å². The van der Waals surface area contributed by atoms with Crippen molar-refractivity contribution in [3.8, 4) is 0 Å². The normalized spacial score (nSPS) is 22.6. The minimum atomic E-state index is -3.23. The molecule has 2 aliphatic rings. The molecule has 150 valence electrons. The molecule has 2 heterocycles. The largest absolute Gasteiger partial charge is 0.372 e. The van der Waals surface area contributed by atoms with Crippen molar-refractivity contribution in [2.24, 2.45) is 5.92 Å². The van der Waals surface area contributed by atoms with Crippen molar-refractivity contribution >= 4 is 21.6 Å². The zero-order valence-corrected chi connectivity index (χ0v) is 17.2. The Morgan fingerprint density at radius 3 is 2.44 bits per heavy atom. The fourth-order valence-electron chi connectivity index (χ4n) is 3.96. The summed E-state index contributed by atoms with van der Waals surface area (Å²) in [6, 6.07) is 8.31. The number of hydrogen-bond donors (Lipinski definition) is 1. The molecule has 1 aromatic carbocycles. The number of piperidine rings is 1. The molecule has 0 bridgehead atoms. The smallest absolute Gasteiger partial charge is 0.224 e. The Bertz CT molecular complexity index is 742. The van der Waals surface area contributed by atoms with Gasteiger partial charge >= 0.3 is 0 Å². The molecule has 0 aliphatic carbocycles. The lowest BCUT2D eigenvalue weighted by molar-refractivity contribution is -0.126. The van der Waals surface area contributed by atoms with Crippen LogP contribution in [0.4, 0.5) is 5.69 Å². The SMILES string of the molecule is CCS(=O)(=O)N1CCCC(C(=O)NC(C)c2ccc(N3CCCC3)cc2)C1. The Kier molecular flexibility index (Phi) is 6.42. The highest BCUT2D eigenvalue weighted by molar-refractivity contribution is 7.89. The number of rotatable bonds is 6. The summed E-state index contributed by atoms with van der Waals surface area (Å²) in [6.45, 7) is 6.67. The summed E-state index contributed by atoms with van der Waals surface area (Å²) in [4.78, 5) is 15.1. The van der Waals surface area contributed by atoms with E-state index in [0.717, 1.165) is 31.5 Å². The van der Waals surface area contributed by atoms with Crippen molar-refractivity contribution in [3.05, 3.63) is 29.8 Å². The molecule has 0 saturated carbocycles. The van der Waals surface area contributed by atoms with E-state index in [9.17, 15) is 13.2 Å². The Hall–Kier alpha value is -1.60. The predicted octanol–water partition coefficient (Wildman–Crippen LogP) is 2.53. The Labute approximate surface area is 163 Å². The molecule has 7 heteroatoms. The lowest BCUT2D eigenvalue weighted by Crippen LogP contribution is -2.46. The van der Waals surface area contributed by atoms with Crippen LogP contribution in [-0.2, 0) is 14.8 Å². The number of benzene rings is 1. The van der Waals surface area contributed by atoms with Crippen LogP contribution < -0.4 is 10.2 Å². The summed E-state index contributed by atoms with van der Waals surface area (Å²) >= 11 is 0. The third-order valence-corrected chi connectivity index (χ3v) is 7.58. The van der Waals surface area contributed by atoms with Crippen LogP contribution in [0, 0.1) is 5.92 Å². The van der Waals surface area contributed by atoms with Crippen molar-refractivity contribution in [1.82, 2.24) is 9.62 Å². The van der Waals surface area contributed by atoms with Crippen LogP contribution in [0.3, 0.4) is 0 Å². The van der Waals surface area contributed by atoms with Crippen LogP contribution in [0.25, 0.3) is 0 Å². The first-order valence-electron chi connectivity index (χ1n) is 10.0. The van der Waals surface area contributed by atoms with Gasteiger partial charge in [-0.3, -0.25) is 4.79 Å². The number of nitrogens with one attached hydrogen (secondary N) is 1. The van der Waals surface area contributed by atoms with E-state index in [4.69, 9.17) is 0 Å². The van der Waals surface area contributed by atoms with Crippen molar-refractivity contribution < 1.29 is 13.2 Å². The lowest BCUT2D eigenvalue weighted by atomic mass is 9.98. The Balaban J connectivity index is 1.58. The molecule has 6 nitrogen and oxygen atoms in total. The monoisotopic (exact) mass is 393 g/mol. The van der Waals surface area contributed by atoms with Gasteiger partial charge in [-0.2, -0.15) is 0 Å². The second-order valence-corrected chi connectivity index (χ2v) is 9.87. The fraction of sp³-hybridized carbons (Fsp3) is 0.650. The number of anilines is 1. The highest BCUT2D eigenvalue weighted by Crippen LogP contribution is 2.24. The maximum absolute atomic E-state index is 12.7. The molecule has 1 N–H and O–H groups in total. The number of nitrogens with zero attached hydrogens (tertiary/aromatic N) is 2. The summed E-state index contributed by atoms with van der Waals surface area (Å²) in [7, 11) is -3.23. The van der Waals surface area contributed by atoms with Crippen LogP contribution in [0.5, 0.6) is 0 Å². The molecule has 27 heavy (non-hydrogen) atoms. The van der Waals surface area contributed by atoms with E-state index >= 15 is 0 Å². The Morgan fingerprint density at radius 1 is 1.15 bits per heavy atom. The maximum Gasteiger partial charge on any atom is 0.224 e. The zero-order chi connectivity index (χ0) is 19.4. The van der Waals surface area contributed by atoms with Crippen LogP contribution >= 0.6 is 0 Å². The van der Waals surface area contributed by atoms with E-state index in [-0.39, 0.29) is 23.6 Å². The highest BCUT2D eigenvalue weighted by Gasteiger charge is 2.31. The first-order valence-corrected chi connectivity index (χ1v) is 11.6. The standard InChI is InChI=1S/C20H31N3O3S/c1-3-27(25,26)23-14-6-7-18(15-23)20(24)21-16(2)17-8-10-19(11-9-17)22-12-4-5-13-22/h8-11,16,18H,3-7,12-15H2,1-2H3,(H,21,24). The maximum atomic E-state index is 12.7. The molecule has 1 amide bonds. The van der Waals surface area contributed by atoms with E-state index in [1.807, 2.05) is 6.92 Å². The fourth-order valence-corrected chi connectivity index (χ4v) is 5.13. The molecule has 0 radical (unpaired) electrons. The molecular weight excluding hydrogens is 362 g/mol. The van der Waals surface area contributed by atoms with E-state index < -0.39 is 10.0 Å². The molecule has 2 unspecified atom stereocenters. The van der Waals surface area contributed by atoms with Gasteiger partial charge in [0, 0.05) is 31.9 Å². The van der Waals surface area contributed by atoms with Gasteiger partial charge in [-0.05, 0) is 57.2 Å². The van der Waals surface area contributed by atoms with E-state index in [1.54, 1.807) is 6.92 Å². The number of sulfonamides is 1. The number of carbonyl (C=O) groups excluding carboxylic acids is 1. The van der Waals surface area contributed by atoms with E-state index in [2.05, 4.69) is 34.5 Å². The highest BCUT2D eigenvalue weighted by atomic mass is 32.2. The van der Waals surface area contributed by atoms with Crippen molar-refractivity contribution in [3.63, 3.8) is 0 Å². The second-order valence-electron chi connectivity index (χ2n) is 7.61. The summed E-state index contributed by atoms with van der Waals surface area (Å²) in [5.74, 6) is -0.241. The summed E-state index contributed by atoms with van der Waals surface area (Å²) in [6.07, 6.45) is 3.97. The van der Waals surface area contributed by atoms with Gasteiger partial charge in [-0.15, -0.1) is 0 Å². The topological polar surface area (TPSA) is 69.7 Å². The first-order chi connectivity index (χ1) is 12.9. The third kappa shape index (κ3) is 4.82. The molecule has 0 spiro atoms. The van der Waals surface area contributed by atoms with Gasteiger partial charge in [-0.25, -0.2) is 12.7 Å². The first kappa shape index (κ1) is 20.1. The van der Waals surface area contributed by atoms with Gasteiger partial charge in [0.1, 0.15) is 0 Å². The number of amides is 1. The van der Waals surface area contributed by atoms with Crippen LogP contribution in [0.15, 0.2) is 24.3 Å². The summed E-state index contributed by atoms with van der Waals surface area (Å²) < 4.78 is 25.7. The molecule has 2 saturated heterocycles. The molecule has 2 atom stereocenters. The van der Waals surface area contributed by atoms with Gasteiger partial charge in [0.05, 0.1) is 17.7 Å². The second kappa shape index (κ2) is 8.61. The van der Waals surface area contributed by atoms with Gasteiger partial charge < -0.3 is 10.2 Å². The number of carbonyl (C=O) groups is 1.